The number of hydrogen-bond acceptors (Lipinski definition) is 3. The molecular formula is C16H19NO3S. The third-order valence-electron chi connectivity index (χ3n) is 3.31. The molecule has 2 rings (SSSR count). The highest BCUT2D eigenvalue weighted by atomic mass is 32.2. The van der Waals surface area contributed by atoms with E-state index in [1.54, 1.807) is 17.8 Å². The number of benzene rings is 1. The topological polar surface area (TPSA) is 66.4 Å². The van der Waals surface area contributed by atoms with Crippen molar-refractivity contribution in [1.29, 1.82) is 0 Å². The van der Waals surface area contributed by atoms with Crippen molar-refractivity contribution < 1.29 is 14.7 Å². The maximum absolute atomic E-state index is 12.0. The molecule has 112 valence electrons. The second kappa shape index (κ2) is 7.88. The van der Waals surface area contributed by atoms with Gasteiger partial charge in [0.1, 0.15) is 0 Å². The van der Waals surface area contributed by atoms with Gasteiger partial charge in [-0.1, -0.05) is 24.6 Å². The van der Waals surface area contributed by atoms with Gasteiger partial charge in [-0.2, -0.15) is 0 Å². The van der Waals surface area contributed by atoms with Gasteiger partial charge in [0.05, 0.1) is 5.25 Å². The summed E-state index contributed by atoms with van der Waals surface area (Å²) < 4.78 is 0. The monoisotopic (exact) mass is 305 g/mol. The molecule has 5 heteroatoms. The van der Waals surface area contributed by atoms with E-state index in [0.717, 1.165) is 35.8 Å². The zero-order chi connectivity index (χ0) is 15.1. The lowest BCUT2D eigenvalue weighted by molar-refractivity contribution is -0.131. The van der Waals surface area contributed by atoms with E-state index in [1.807, 2.05) is 24.3 Å². The first kappa shape index (κ1) is 15.6. The van der Waals surface area contributed by atoms with E-state index >= 15 is 0 Å². The summed E-state index contributed by atoms with van der Waals surface area (Å²) in [4.78, 5) is 22.5. The number of aliphatic carboxylic acids is 1. The summed E-state index contributed by atoms with van der Waals surface area (Å²) >= 11 is 1.73. The molecule has 1 unspecified atom stereocenters. The van der Waals surface area contributed by atoms with Crippen molar-refractivity contribution in [2.75, 3.05) is 5.75 Å². The number of rotatable bonds is 5. The van der Waals surface area contributed by atoms with Gasteiger partial charge < -0.3 is 10.4 Å². The second-order valence-electron chi connectivity index (χ2n) is 4.99. The molecule has 0 spiro atoms. The van der Waals surface area contributed by atoms with Gasteiger partial charge in [-0.25, -0.2) is 4.79 Å². The van der Waals surface area contributed by atoms with Crippen LogP contribution in [-0.2, 0) is 16.1 Å². The lowest BCUT2D eigenvalue weighted by Gasteiger charge is -2.20. The molecule has 4 nitrogen and oxygen atoms in total. The normalized spacial score (nSPS) is 18.6. The van der Waals surface area contributed by atoms with E-state index < -0.39 is 5.97 Å². The lowest BCUT2D eigenvalue weighted by Crippen LogP contribution is -2.33. The minimum Gasteiger partial charge on any atom is -0.478 e. The van der Waals surface area contributed by atoms with Gasteiger partial charge in [0.15, 0.2) is 0 Å². The predicted octanol–water partition coefficient (Wildman–Crippen LogP) is 2.69. The van der Waals surface area contributed by atoms with Gasteiger partial charge in [0, 0.05) is 12.6 Å². The van der Waals surface area contributed by atoms with E-state index in [4.69, 9.17) is 5.11 Å². The quantitative estimate of drug-likeness (QED) is 0.821. The Morgan fingerprint density at radius 2 is 2.24 bits per heavy atom. The van der Waals surface area contributed by atoms with Crippen LogP contribution in [0.3, 0.4) is 0 Å². The van der Waals surface area contributed by atoms with Crippen LogP contribution in [0.25, 0.3) is 6.08 Å². The summed E-state index contributed by atoms with van der Waals surface area (Å²) in [5.41, 5.74) is 1.79. The van der Waals surface area contributed by atoms with E-state index in [2.05, 4.69) is 5.32 Å². The van der Waals surface area contributed by atoms with Crippen molar-refractivity contribution in [1.82, 2.24) is 5.32 Å². The van der Waals surface area contributed by atoms with Crippen molar-refractivity contribution >= 4 is 29.7 Å². The first-order valence-electron chi connectivity index (χ1n) is 7.04. The molecule has 1 fully saturated rings. The third kappa shape index (κ3) is 5.27. The van der Waals surface area contributed by atoms with Crippen LogP contribution in [0.1, 0.15) is 30.4 Å². The molecule has 2 N–H and O–H groups in total. The third-order valence-corrected chi connectivity index (χ3v) is 4.68. The molecule has 0 radical (unpaired) electrons. The fourth-order valence-electron chi connectivity index (χ4n) is 2.22. The fourth-order valence-corrected chi connectivity index (χ4v) is 3.45. The Kier molecular flexibility index (Phi) is 5.87. The largest absolute Gasteiger partial charge is 0.478 e. The molecule has 1 atom stereocenters. The van der Waals surface area contributed by atoms with E-state index in [0.29, 0.717) is 6.54 Å². The van der Waals surface area contributed by atoms with Crippen LogP contribution in [0.15, 0.2) is 30.3 Å². The second-order valence-corrected chi connectivity index (χ2v) is 6.30. The molecule has 1 aromatic rings. The van der Waals surface area contributed by atoms with Crippen LogP contribution in [0.5, 0.6) is 0 Å². The SMILES string of the molecule is O=C(O)/C=C/c1cccc(CNC(=O)C2CCCCS2)c1. The number of hydrogen-bond donors (Lipinski definition) is 2. The lowest BCUT2D eigenvalue weighted by atomic mass is 10.1. The van der Waals surface area contributed by atoms with Gasteiger partial charge in [-0.3, -0.25) is 4.79 Å². The zero-order valence-electron chi connectivity index (χ0n) is 11.7. The van der Waals surface area contributed by atoms with Crippen molar-refractivity contribution in [2.45, 2.75) is 31.1 Å². The highest BCUT2D eigenvalue weighted by Crippen LogP contribution is 2.25. The Morgan fingerprint density at radius 3 is 2.95 bits per heavy atom. The van der Waals surface area contributed by atoms with Crippen LogP contribution >= 0.6 is 11.8 Å². The Balaban J connectivity index is 1.89. The molecule has 0 saturated carbocycles. The Morgan fingerprint density at radius 1 is 1.38 bits per heavy atom. The van der Waals surface area contributed by atoms with Crippen LogP contribution in [-0.4, -0.2) is 28.0 Å². The van der Waals surface area contributed by atoms with E-state index in [1.165, 1.54) is 6.42 Å². The Hall–Kier alpha value is -1.75. The first-order chi connectivity index (χ1) is 10.1. The van der Waals surface area contributed by atoms with Gasteiger partial charge in [-0.15, -0.1) is 11.8 Å². The summed E-state index contributed by atoms with van der Waals surface area (Å²) in [5, 5.41) is 11.7. The molecule has 0 aliphatic carbocycles. The average molecular weight is 305 g/mol. The summed E-state index contributed by atoms with van der Waals surface area (Å²) in [6.07, 6.45) is 5.94. The van der Waals surface area contributed by atoms with Crippen LogP contribution in [0.2, 0.25) is 0 Å². The smallest absolute Gasteiger partial charge is 0.328 e. The number of carboxylic acids is 1. The molecule has 21 heavy (non-hydrogen) atoms. The summed E-state index contributed by atoms with van der Waals surface area (Å²) in [6.45, 7) is 0.477. The Bertz CT molecular complexity index is 536. The summed E-state index contributed by atoms with van der Waals surface area (Å²) in [5.74, 6) is 0.197. The molecule has 1 aliphatic rings. The maximum Gasteiger partial charge on any atom is 0.328 e. The van der Waals surface area contributed by atoms with E-state index in [9.17, 15) is 9.59 Å². The van der Waals surface area contributed by atoms with E-state index in [-0.39, 0.29) is 11.2 Å². The molecule has 1 heterocycles. The number of nitrogens with one attached hydrogen (secondary N) is 1. The molecule has 1 aromatic carbocycles. The summed E-state index contributed by atoms with van der Waals surface area (Å²) in [7, 11) is 0. The number of thioether (sulfide) groups is 1. The van der Waals surface area contributed by atoms with Gasteiger partial charge in [0.25, 0.3) is 0 Å². The number of carbonyl (C=O) groups is 2. The fraction of sp³-hybridized carbons (Fsp3) is 0.375. The molecule has 1 amide bonds. The highest BCUT2D eigenvalue weighted by Gasteiger charge is 2.21. The highest BCUT2D eigenvalue weighted by molar-refractivity contribution is 8.00. The first-order valence-corrected chi connectivity index (χ1v) is 8.09. The zero-order valence-corrected chi connectivity index (χ0v) is 12.6. The van der Waals surface area contributed by atoms with Gasteiger partial charge in [0.2, 0.25) is 5.91 Å². The Labute approximate surface area is 128 Å². The summed E-state index contributed by atoms with van der Waals surface area (Å²) in [6, 6.07) is 7.50. The number of amides is 1. The van der Waals surface area contributed by atoms with Gasteiger partial charge >= 0.3 is 5.97 Å². The van der Waals surface area contributed by atoms with Crippen LogP contribution in [0, 0.1) is 0 Å². The predicted molar refractivity (Wildman–Crippen MR) is 85.1 cm³/mol. The minimum atomic E-state index is -0.969. The molecule has 1 saturated heterocycles. The molecular weight excluding hydrogens is 286 g/mol. The maximum atomic E-state index is 12.0. The average Bonchev–Trinajstić information content (AvgIpc) is 2.52. The van der Waals surface area contributed by atoms with Crippen LogP contribution < -0.4 is 5.32 Å². The minimum absolute atomic E-state index is 0.0776. The van der Waals surface area contributed by atoms with Crippen LogP contribution in [0.4, 0.5) is 0 Å². The van der Waals surface area contributed by atoms with Crippen molar-refractivity contribution in [2.24, 2.45) is 0 Å². The molecule has 0 aromatic heterocycles. The standard InChI is InChI=1S/C16H19NO3S/c18-15(19)8-7-12-4-3-5-13(10-12)11-17-16(20)14-6-1-2-9-21-14/h3-5,7-8,10,14H,1-2,6,9,11H2,(H,17,20)(H,18,19)/b8-7+. The molecule has 1 aliphatic heterocycles. The number of carbonyl (C=O) groups excluding carboxylic acids is 1. The van der Waals surface area contributed by atoms with Crippen molar-refractivity contribution in [3.63, 3.8) is 0 Å². The molecule has 0 bridgehead atoms. The number of carboxylic acid groups (broad SMARTS) is 1. The van der Waals surface area contributed by atoms with Crippen molar-refractivity contribution in [3.8, 4) is 0 Å². The van der Waals surface area contributed by atoms with Gasteiger partial charge in [-0.05, 0) is 41.9 Å². The van der Waals surface area contributed by atoms with Crippen molar-refractivity contribution in [3.05, 3.63) is 41.5 Å².